The maximum Gasteiger partial charge on any atom is 0.323 e. The smallest absolute Gasteiger partial charge is 0.323 e. The molecule has 1 aromatic carbocycles. The third-order valence-electron chi connectivity index (χ3n) is 4.37. The molecule has 0 fully saturated rings. The number of anilines is 1. The Morgan fingerprint density at radius 3 is 2.68 bits per heavy atom. The Balaban J connectivity index is 1.69. The zero-order valence-electron chi connectivity index (χ0n) is 14.0. The van der Waals surface area contributed by atoms with Gasteiger partial charge in [0.05, 0.1) is 22.5 Å². The van der Waals surface area contributed by atoms with E-state index in [0.717, 1.165) is 32.0 Å². The number of hydrogen-bond donors (Lipinski definition) is 4. The fraction of sp³-hybridized carbons (Fsp3) is 0.235. The van der Waals surface area contributed by atoms with Gasteiger partial charge < -0.3 is 20.3 Å². The normalized spacial score (nSPS) is 12.8. The number of benzene rings is 1. The van der Waals surface area contributed by atoms with Gasteiger partial charge in [-0.3, -0.25) is 4.79 Å². The molecule has 4 N–H and O–H groups in total. The van der Waals surface area contributed by atoms with Crippen LogP contribution < -0.4 is 16.6 Å². The fourth-order valence-corrected chi connectivity index (χ4v) is 3.95. The van der Waals surface area contributed by atoms with Crippen LogP contribution in [0.3, 0.4) is 0 Å². The molecule has 25 heavy (non-hydrogen) atoms. The molecule has 3 heterocycles. The number of H-pyrrole nitrogens is 3. The number of aromatic amines is 3. The van der Waals surface area contributed by atoms with Crippen molar-refractivity contribution in [3.63, 3.8) is 0 Å². The van der Waals surface area contributed by atoms with Crippen molar-refractivity contribution in [2.75, 3.05) is 5.32 Å². The second-order valence-electron chi connectivity index (χ2n) is 6.12. The minimum Gasteiger partial charge on any atom is -0.375 e. The van der Waals surface area contributed by atoms with Crippen molar-refractivity contribution in [3.05, 3.63) is 55.3 Å². The minimum absolute atomic E-state index is 0.110. The molecule has 0 aliphatic rings. The highest BCUT2D eigenvalue weighted by Crippen LogP contribution is 2.27. The Kier molecular flexibility index (Phi) is 3.50. The standard InChI is InChI=1S/C17H17N5O2S/c1-7-9(3)25-16-13(7)15(23)21-14(22-16)8(2)18-10-4-5-11-12(6-10)20-17(24)19-11/h4-6,8,18H,1-3H3,(H2,19,20,24)(H,21,22,23)/t8-/m0/s1. The van der Waals surface area contributed by atoms with Gasteiger partial charge in [-0.05, 0) is 44.5 Å². The number of aromatic nitrogens is 4. The average Bonchev–Trinajstić information content (AvgIpc) is 3.06. The summed E-state index contributed by atoms with van der Waals surface area (Å²) in [4.78, 5) is 38.6. The summed E-state index contributed by atoms with van der Waals surface area (Å²) in [7, 11) is 0. The maximum absolute atomic E-state index is 12.4. The molecule has 8 heteroatoms. The first-order valence-corrected chi connectivity index (χ1v) is 8.72. The summed E-state index contributed by atoms with van der Waals surface area (Å²) >= 11 is 1.53. The molecular formula is C17H17N5O2S. The van der Waals surface area contributed by atoms with Gasteiger partial charge in [0.2, 0.25) is 0 Å². The van der Waals surface area contributed by atoms with Gasteiger partial charge in [-0.15, -0.1) is 11.3 Å². The number of aryl methyl sites for hydroxylation is 2. The van der Waals surface area contributed by atoms with E-state index in [1.807, 2.05) is 39.0 Å². The van der Waals surface area contributed by atoms with Crippen LogP contribution in [0, 0.1) is 13.8 Å². The highest BCUT2D eigenvalue weighted by molar-refractivity contribution is 7.18. The molecule has 1 atom stereocenters. The third kappa shape index (κ3) is 2.64. The lowest BCUT2D eigenvalue weighted by Crippen LogP contribution is -2.17. The monoisotopic (exact) mass is 355 g/mol. The van der Waals surface area contributed by atoms with Crippen LogP contribution in [-0.4, -0.2) is 19.9 Å². The van der Waals surface area contributed by atoms with Crippen LogP contribution in [0.5, 0.6) is 0 Å². The van der Waals surface area contributed by atoms with Crippen molar-refractivity contribution in [1.29, 1.82) is 0 Å². The van der Waals surface area contributed by atoms with Crippen LogP contribution in [0.1, 0.15) is 29.2 Å². The van der Waals surface area contributed by atoms with E-state index in [4.69, 9.17) is 0 Å². The zero-order valence-corrected chi connectivity index (χ0v) is 14.8. The Hall–Kier alpha value is -2.87. The predicted molar refractivity (Wildman–Crippen MR) is 101 cm³/mol. The van der Waals surface area contributed by atoms with Gasteiger partial charge in [0.15, 0.2) is 0 Å². The average molecular weight is 355 g/mol. The molecule has 128 valence electrons. The number of hydrogen-bond acceptors (Lipinski definition) is 5. The Morgan fingerprint density at radius 1 is 1.12 bits per heavy atom. The molecule has 0 amide bonds. The minimum atomic E-state index is -0.236. The largest absolute Gasteiger partial charge is 0.375 e. The number of nitrogens with one attached hydrogen (secondary N) is 4. The van der Waals surface area contributed by atoms with Crippen LogP contribution in [0.25, 0.3) is 21.3 Å². The van der Waals surface area contributed by atoms with Gasteiger partial charge in [-0.1, -0.05) is 0 Å². The molecule has 0 radical (unpaired) electrons. The topological polar surface area (TPSA) is 106 Å². The quantitative estimate of drug-likeness (QED) is 0.453. The van der Waals surface area contributed by atoms with E-state index in [1.165, 1.54) is 11.3 Å². The summed E-state index contributed by atoms with van der Waals surface area (Å²) in [6.07, 6.45) is 0. The van der Waals surface area contributed by atoms with Crippen molar-refractivity contribution in [2.24, 2.45) is 0 Å². The van der Waals surface area contributed by atoms with E-state index >= 15 is 0 Å². The van der Waals surface area contributed by atoms with Gasteiger partial charge in [0.1, 0.15) is 10.7 Å². The van der Waals surface area contributed by atoms with Crippen molar-refractivity contribution in [3.8, 4) is 0 Å². The predicted octanol–water partition coefficient (Wildman–Crippen LogP) is 2.94. The number of nitrogens with zero attached hydrogens (tertiary/aromatic N) is 1. The van der Waals surface area contributed by atoms with Gasteiger partial charge in [0, 0.05) is 10.6 Å². The third-order valence-corrected chi connectivity index (χ3v) is 5.47. The summed E-state index contributed by atoms with van der Waals surface area (Å²) in [6, 6.07) is 5.36. The first kappa shape index (κ1) is 15.6. The van der Waals surface area contributed by atoms with E-state index in [1.54, 1.807) is 0 Å². The number of rotatable bonds is 3. The summed E-state index contributed by atoms with van der Waals surface area (Å²) in [5.74, 6) is 0.585. The summed E-state index contributed by atoms with van der Waals surface area (Å²) in [5.41, 5.74) is 2.95. The van der Waals surface area contributed by atoms with Crippen LogP contribution >= 0.6 is 11.3 Å². The van der Waals surface area contributed by atoms with Crippen molar-refractivity contribution in [1.82, 2.24) is 19.9 Å². The van der Waals surface area contributed by atoms with Crippen molar-refractivity contribution < 1.29 is 0 Å². The lowest BCUT2D eigenvalue weighted by atomic mass is 10.2. The fourth-order valence-electron chi connectivity index (χ4n) is 2.92. The molecule has 3 aromatic heterocycles. The van der Waals surface area contributed by atoms with Crippen LogP contribution in [-0.2, 0) is 0 Å². The molecule has 4 aromatic rings. The van der Waals surface area contributed by atoms with Gasteiger partial charge in [0.25, 0.3) is 5.56 Å². The van der Waals surface area contributed by atoms with Crippen LogP contribution in [0.2, 0.25) is 0 Å². The molecule has 0 unspecified atom stereocenters. The maximum atomic E-state index is 12.4. The van der Waals surface area contributed by atoms with E-state index in [2.05, 4.69) is 25.3 Å². The molecule has 0 aliphatic carbocycles. The van der Waals surface area contributed by atoms with Gasteiger partial charge in [-0.25, -0.2) is 9.78 Å². The summed E-state index contributed by atoms with van der Waals surface area (Å²) < 4.78 is 0. The molecule has 4 rings (SSSR count). The first-order valence-electron chi connectivity index (χ1n) is 7.91. The van der Waals surface area contributed by atoms with Gasteiger partial charge >= 0.3 is 5.69 Å². The highest BCUT2D eigenvalue weighted by atomic mass is 32.1. The molecule has 0 saturated heterocycles. The van der Waals surface area contributed by atoms with Crippen LogP contribution in [0.4, 0.5) is 5.69 Å². The highest BCUT2D eigenvalue weighted by Gasteiger charge is 2.15. The van der Waals surface area contributed by atoms with E-state index in [-0.39, 0.29) is 17.3 Å². The Labute approximate surface area is 146 Å². The Morgan fingerprint density at radius 2 is 1.88 bits per heavy atom. The van der Waals surface area contributed by atoms with E-state index in [0.29, 0.717) is 11.2 Å². The molecule has 0 spiro atoms. The summed E-state index contributed by atoms with van der Waals surface area (Å²) in [5, 5.41) is 3.98. The second-order valence-corrected chi connectivity index (χ2v) is 7.32. The number of fused-ring (bicyclic) bond motifs is 2. The summed E-state index contributed by atoms with van der Waals surface area (Å²) in [6.45, 7) is 5.87. The number of imidazole rings is 1. The second kappa shape index (κ2) is 5.59. The lowest BCUT2D eigenvalue weighted by molar-refractivity contribution is 0.793. The van der Waals surface area contributed by atoms with Crippen molar-refractivity contribution >= 4 is 38.3 Å². The molecule has 0 bridgehead atoms. The lowest BCUT2D eigenvalue weighted by Gasteiger charge is -2.14. The molecule has 0 saturated carbocycles. The first-order chi connectivity index (χ1) is 11.9. The SMILES string of the molecule is Cc1sc2nc([C@H](C)Nc3ccc4[nH]c(=O)[nH]c4c3)[nH]c(=O)c2c1C. The molecular weight excluding hydrogens is 338 g/mol. The van der Waals surface area contributed by atoms with Crippen molar-refractivity contribution in [2.45, 2.75) is 26.8 Å². The van der Waals surface area contributed by atoms with E-state index in [9.17, 15) is 9.59 Å². The van der Waals surface area contributed by atoms with Gasteiger partial charge in [-0.2, -0.15) is 0 Å². The zero-order chi connectivity index (χ0) is 17.7. The van der Waals surface area contributed by atoms with E-state index < -0.39 is 0 Å². The Bertz CT molecular complexity index is 1210. The number of thiophene rings is 1. The molecule has 0 aliphatic heterocycles. The molecule has 7 nitrogen and oxygen atoms in total. The van der Waals surface area contributed by atoms with Crippen LogP contribution in [0.15, 0.2) is 27.8 Å².